The second-order valence-electron chi connectivity index (χ2n) is 10.9. The fourth-order valence-corrected chi connectivity index (χ4v) is 5.15. The number of ketones is 1. The van der Waals surface area contributed by atoms with Crippen LogP contribution in [0.2, 0.25) is 0 Å². The second kappa shape index (κ2) is 13.1. The third-order valence-electron chi connectivity index (χ3n) is 7.54. The van der Waals surface area contributed by atoms with Crippen molar-refractivity contribution in [2.75, 3.05) is 13.2 Å². The highest BCUT2D eigenvalue weighted by Gasteiger charge is 2.16. The highest BCUT2D eigenvalue weighted by molar-refractivity contribution is 5.98. The van der Waals surface area contributed by atoms with Crippen LogP contribution in [0.1, 0.15) is 85.0 Å². The van der Waals surface area contributed by atoms with Gasteiger partial charge in [-0.05, 0) is 95.3 Å². The van der Waals surface area contributed by atoms with Crippen molar-refractivity contribution in [2.24, 2.45) is 0 Å². The summed E-state index contributed by atoms with van der Waals surface area (Å²) in [5, 5.41) is 4.44. The van der Waals surface area contributed by atoms with Gasteiger partial charge in [0.25, 0.3) is 0 Å². The molecule has 0 spiro atoms. The van der Waals surface area contributed by atoms with E-state index in [0.717, 1.165) is 47.2 Å². The van der Waals surface area contributed by atoms with E-state index in [2.05, 4.69) is 32.2 Å². The molecule has 38 heavy (non-hydrogen) atoms. The molecule has 202 valence electrons. The van der Waals surface area contributed by atoms with Gasteiger partial charge in [0.15, 0.2) is 5.78 Å². The Kier molecular flexibility index (Phi) is 9.57. The van der Waals surface area contributed by atoms with Gasteiger partial charge in [0.05, 0.1) is 6.61 Å². The smallest absolute Gasteiger partial charge is 0.339 e. The molecule has 0 bridgehead atoms. The number of nitrogens with one attached hydrogen (secondary N) is 1. The highest BCUT2D eigenvalue weighted by atomic mass is 16.5. The molecule has 5 heteroatoms. The monoisotopic (exact) mass is 515 g/mol. The van der Waals surface area contributed by atoms with Crippen molar-refractivity contribution in [3.05, 3.63) is 86.3 Å². The Morgan fingerprint density at radius 1 is 1.05 bits per heavy atom. The Morgan fingerprint density at radius 2 is 1.84 bits per heavy atom. The quantitative estimate of drug-likeness (QED) is 0.128. The zero-order valence-corrected chi connectivity index (χ0v) is 23.3. The summed E-state index contributed by atoms with van der Waals surface area (Å²) in [6, 6.07) is 12.0. The third-order valence-corrected chi connectivity index (χ3v) is 7.54. The van der Waals surface area contributed by atoms with Gasteiger partial charge < -0.3 is 14.5 Å². The van der Waals surface area contributed by atoms with Crippen LogP contribution < -0.4 is 15.7 Å². The summed E-state index contributed by atoms with van der Waals surface area (Å²) in [6.07, 6.45) is 10.4. The number of aryl methyl sites for hydroxylation is 2. The van der Waals surface area contributed by atoms with Crippen LogP contribution in [0.5, 0.6) is 5.75 Å². The molecule has 4 rings (SSSR count). The van der Waals surface area contributed by atoms with Crippen LogP contribution >= 0.6 is 0 Å². The molecule has 5 nitrogen and oxygen atoms in total. The number of Topliss-reactive ketones (excluding diaryl/α,β-unsaturated/α-hetero) is 1. The molecule has 2 aromatic carbocycles. The molecule has 0 atom stereocenters. The van der Waals surface area contributed by atoms with Crippen LogP contribution in [0.3, 0.4) is 0 Å². The number of hydrogen-bond donors (Lipinski definition) is 1. The van der Waals surface area contributed by atoms with Crippen molar-refractivity contribution < 1.29 is 13.9 Å². The number of carbonyl (C=O) groups is 1. The number of ether oxygens (including phenoxy) is 1. The minimum atomic E-state index is -0.473. The van der Waals surface area contributed by atoms with Crippen molar-refractivity contribution in [1.82, 2.24) is 5.32 Å². The van der Waals surface area contributed by atoms with Gasteiger partial charge in [-0.15, -0.1) is 0 Å². The maximum Gasteiger partial charge on any atom is 0.339 e. The summed E-state index contributed by atoms with van der Waals surface area (Å²) in [5.41, 5.74) is 5.35. The molecule has 0 radical (unpaired) electrons. The van der Waals surface area contributed by atoms with Crippen LogP contribution in [-0.4, -0.2) is 25.0 Å². The molecule has 1 aliphatic carbocycles. The predicted molar refractivity (Wildman–Crippen MR) is 155 cm³/mol. The zero-order chi connectivity index (χ0) is 27.1. The molecule has 1 heterocycles. The Balaban J connectivity index is 1.40. The molecule has 1 aromatic heterocycles. The molecule has 0 amide bonds. The number of fused-ring (bicyclic) bond motifs is 1. The van der Waals surface area contributed by atoms with E-state index in [4.69, 9.17) is 9.15 Å². The lowest BCUT2D eigenvalue weighted by atomic mass is 9.95. The first-order chi connectivity index (χ1) is 18.3. The topological polar surface area (TPSA) is 68.5 Å². The third kappa shape index (κ3) is 7.22. The first kappa shape index (κ1) is 27.8. The molecule has 1 aliphatic rings. The first-order valence-electron chi connectivity index (χ1n) is 14.0. The summed E-state index contributed by atoms with van der Waals surface area (Å²) in [5.74, 6) is 0.638. The van der Waals surface area contributed by atoms with E-state index in [-0.39, 0.29) is 12.2 Å². The molecule has 0 aliphatic heterocycles. The summed E-state index contributed by atoms with van der Waals surface area (Å²) in [7, 11) is 0. The lowest BCUT2D eigenvalue weighted by Gasteiger charge is -2.22. The Bertz CT molecular complexity index is 1360. The van der Waals surface area contributed by atoms with Gasteiger partial charge in [0.2, 0.25) is 0 Å². The Labute approximate surface area is 226 Å². The van der Waals surface area contributed by atoms with E-state index in [9.17, 15) is 9.59 Å². The van der Waals surface area contributed by atoms with E-state index in [0.29, 0.717) is 29.4 Å². The van der Waals surface area contributed by atoms with Gasteiger partial charge >= 0.3 is 5.63 Å². The predicted octanol–water partition coefficient (Wildman–Crippen LogP) is 7.04. The number of rotatable bonds is 11. The lowest BCUT2D eigenvalue weighted by molar-refractivity contribution is 0.0992. The normalized spacial score (nSPS) is 14.0. The minimum absolute atomic E-state index is 0.00864. The van der Waals surface area contributed by atoms with Crippen molar-refractivity contribution in [2.45, 2.75) is 85.1 Å². The second-order valence-corrected chi connectivity index (χ2v) is 10.9. The van der Waals surface area contributed by atoms with Gasteiger partial charge in [0.1, 0.15) is 11.3 Å². The van der Waals surface area contributed by atoms with Crippen molar-refractivity contribution in [3.63, 3.8) is 0 Å². The van der Waals surface area contributed by atoms with Gasteiger partial charge in [0, 0.05) is 34.5 Å². The molecule has 1 saturated carbocycles. The molecule has 0 unspecified atom stereocenters. The minimum Gasteiger partial charge on any atom is -0.493 e. The molecule has 1 fully saturated rings. The lowest BCUT2D eigenvalue weighted by Crippen LogP contribution is -2.32. The number of carbonyl (C=O) groups excluding carboxylic acids is 1. The molecular formula is C33H41NO4. The van der Waals surface area contributed by atoms with Gasteiger partial charge in [-0.2, -0.15) is 0 Å². The van der Waals surface area contributed by atoms with E-state index >= 15 is 0 Å². The van der Waals surface area contributed by atoms with Gasteiger partial charge in [-0.25, -0.2) is 4.79 Å². The maximum absolute atomic E-state index is 13.1. The van der Waals surface area contributed by atoms with E-state index in [1.54, 1.807) is 6.07 Å². The van der Waals surface area contributed by atoms with E-state index < -0.39 is 5.63 Å². The summed E-state index contributed by atoms with van der Waals surface area (Å²) >= 11 is 0. The highest BCUT2D eigenvalue weighted by Crippen LogP contribution is 2.27. The van der Waals surface area contributed by atoms with Crippen LogP contribution in [0.4, 0.5) is 0 Å². The average Bonchev–Trinajstić information content (AvgIpc) is 2.90. The zero-order valence-electron chi connectivity index (χ0n) is 23.3. The molecular weight excluding hydrogens is 474 g/mol. The largest absolute Gasteiger partial charge is 0.493 e. The number of hydrogen-bond acceptors (Lipinski definition) is 5. The van der Waals surface area contributed by atoms with E-state index in [1.165, 1.54) is 37.7 Å². The fraction of sp³-hybridized carbons (Fsp3) is 0.455. The van der Waals surface area contributed by atoms with Crippen LogP contribution in [0.25, 0.3) is 11.0 Å². The summed E-state index contributed by atoms with van der Waals surface area (Å²) < 4.78 is 11.7. The van der Waals surface area contributed by atoms with Crippen molar-refractivity contribution >= 4 is 16.8 Å². The average molecular weight is 516 g/mol. The van der Waals surface area contributed by atoms with Crippen molar-refractivity contribution in [1.29, 1.82) is 0 Å². The van der Waals surface area contributed by atoms with Crippen LogP contribution in [0, 0.1) is 13.8 Å². The maximum atomic E-state index is 13.1. The van der Waals surface area contributed by atoms with Gasteiger partial charge in [-0.3, -0.25) is 4.79 Å². The number of allylic oxidation sites excluding steroid dienone is 2. The fourth-order valence-electron chi connectivity index (χ4n) is 5.15. The standard InChI is InChI=1S/C33H41NO4/c1-22(2)11-13-25-19-26(14-12-23(25)3)30(35)21-28-20-27-15-16-31(24(4)32(27)38-33(28)36)37-18-8-17-34-29-9-6-5-7-10-29/h11-12,14-16,19-20,29,34H,5-10,13,17-18,21H2,1-4H3. The van der Waals surface area contributed by atoms with Crippen LogP contribution in [-0.2, 0) is 12.8 Å². The van der Waals surface area contributed by atoms with Crippen LogP contribution in [0.15, 0.2) is 57.3 Å². The molecule has 1 N–H and O–H groups in total. The first-order valence-corrected chi connectivity index (χ1v) is 14.0. The van der Waals surface area contributed by atoms with E-state index in [1.807, 2.05) is 37.3 Å². The Morgan fingerprint density at radius 3 is 2.61 bits per heavy atom. The summed E-state index contributed by atoms with van der Waals surface area (Å²) in [6.45, 7) is 9.64. The van der Waals surface area contributed by atoms with Crippen molar-refractivity contribution in [3.8, 4) is 5.75 Å². The molecule has 3 aromatic rings. The number of benzene rings is 2. The SMILES string of the molecule is CC(C)=CCc1cc(C(=O)Cc2cc3ccc(OCCCNC4CCCCC4)c(C)c3oc2=O)ccc1C. The summed E-state index contributed by atoms with van der Waals surface area (Å²) in [4.78, 5) is 25.9. The van der Waals surface area contributed by atoms with Gasteiger partial charge in [-0.1, -0.05) is 43.0 Å². The Hall–Kier alpha value is -3.18. The molecule has 0 saturated heterocycles.